The van der Waals surface area contributed by atoms with Gasteiger partial charge in [0.05, 0.1) is 68.8 Å². The molecule has 9 aromatic rings. The van der Waals surface area contributed by atoms with E-state index in [9.17, 15) is 14.4 Å². The molecule has 6 aromatic heterocycles. The van der Waals surface area contributed by atoms with Gasteiger partial charge in [0.15, 0.2) is 17.5 Å². The summed E-state index contributed by atoms with van der Waals surface area (Å²) in [5.41, 5.74) is 23.6. The number of hydrogen-bond acceptors (Lipinski definition) is 18. The Morgan fingerprint density at radius 2 is 0.905 bits per heavy atom. The summed E-state index contributed by atoms with van der Waals surface area (Å²) in [5.74, 6) is -1.38. The number of morpholine rings is 1. The number of rotatable bonds is 19. The monoisotopic (exact) mass is 1510 g/mol. The smallest absolute Gasteiger partial charge is 0.260 e. The molecule has 2 bridgehead atoms. The molecule has 4 saturated heterocycles. The van der Waals surface area contributed by atoms with Crippen LogP contribution in [0.2, 0.25) is 15.1 Å². The molecular weight excluding hydrogens is 1420 g/mol. The highest BCUT2D eigenvalue weighted by Crippen LogP contribution is 2.45. The van der Waals surface area contributed by atoms with Gasteiger partial charge in [-0.1, -0.05) is 55.6 Å². The molecule has 0 radical (unpaired) electrons. The molecular formula is C75H91Cl3F3N15O9. The molecule has 105 heavy (non-hydrogen) atoms. The highest BCUT2D eigenvalue weighted by molar-refractivity contribution is 6.32. The number of benzene rings is 3. The van der Waals surface area contributed by atoms with E-state index in [4.69, 9.17) is 95.4 Å². The van der Waals surface area contributed by atoms with Crippen LogP contribution in [-0.4, -0.2) is 148 Å². The Kier molecular flexibility index (Phi) is 24.3. The number of nitrogen functional groups attached to an aromatic ring is 3. The molecule has 0 saturated carbocycles. The Balaban J connectivity index is 0.000000157. The molecule has 3 aromatic carbocycles. The lowest BCUT2D eigenvalue weighted by Gasteiger charge is -2.33. The normalized spacial score (nSPS) is 17.7. The van der Waals surface area contributed by atoms with Crippen LogP contribution in [0.4, 0.5) is 30.6 Å². The number of imidazole rings is 3. The minimum Gasteiger partial charge on any atom is -0.490 e. The van der Waals surface area contributed by atoms with Gasteiger partial charge in [0, 0.05) is 118 Å². The number of halogens is 6. The molecule has 6 atom stereocenters. The molecule has 4 aliphatic rings. The van der Waals surface area contributed by atoms with Gasteiger partial charge in [0.1, 0.15) is 85.4 Å². The number of aromatic nitrogens is 9. The average molecular weight is 1510 g/mol. The van der Waals surface area contributed by atoms with Gasteiger partial charge in [0.25, 0.3) is 17.7 Å². The van der Waals surface area contributed by atoms with Crippen LogP contribution in [0.25, 0.3) is 16.6 Å². The fourth-order valence-electron chi connectivity index (χ4n) is 14.2. The Hall–Kier alpha value is -8.73. The lowest BCUT2D eigenvalue weighted by atomic mass is 9.95. The first-order valence-electron chi connectivity index (χ1n) is 35.6. The maximum Gasteiger partial charge on any atom is 0.260 e. The second kappa shape index (κ2) is 33.0. The number of nitrogens with two attached hydrogens (primary N) is 3. The molecule has 13 rings (SSSR count). The highest BCUT2D eigenvalue weighted by Gasteiger charge is 2.40. The Bertz CT molecular complexity index is 4510. The van der Waals surface area contributed by atoms with E-state index in [0.29, 0.717) is 119 Å². The number of amides is 3. The molecule has 8 N–H and O–H groups in total. The first-order chi connectivity index (χ1) is 50.0. The van der Waals surface area contributed by atoms with Gasteiger partial charge in [-0.2, -0.15) is 0 Å². The highest BCUT2D eigenvalue weighted by atomic mass is 35.5. The van der Waals surface area contributed by atoms with Crippen LogP contribution >= 0.6 is 34.8 Å². The summed E-state index contributed by atoms with van der Waals surface area (Å²) in [6, 6.07) is 4.54. The molecule has 0 aliphatic carbocycles. The minimum absolute atomic E-state index is 0.0221. The fraction of sp³-hybridized carbons (Fsp3) is 0.480. The van der Waals surface area contributed by atoms with E-state index in [1.807, 2.05) is 96.3 Å². The summed E-state index contributed by atoms with van der Waals surface area (Å²) in [6.07, 6.45) is 15.4. The maximum atomic E-state index is 15.5. The summed E-state index contributed by atoms with van der Waals surface area (Å²) in [4.78, 5) is 68.5. The number of nitrogens with zero attached hydrogens (tertiary/aromatic N) is 10. The van der Waals surface area contributed by atoms with E-state index in [1.165, 1.54) is 18.2 Å². The van der Waals surface area contributed by atoms with Crippen molar-refractivity contribution < 1.29 is 56.0 Å². The van der Waals surface area contributed by atoms with Crippen molar-refractivity contribution >= 4 is 86.5 Å². The van der Waals surface area contributed by atoms with Gasteiger partial charge in [-0.3, -0.25) is 27.6 Å². The molecule has 10 heterocycles. The van der Waals surface area contributed by atoms with Crippen LogP contribution in [0.1, 0.15) is 207 Å². The van der Waals surface area contributed by atoms with Gasteiger partial charge in [-0.05, 0) is 131 Å². The number of carbonyl (C=O) groups excluding carboxylic acids is 3. The van der Waals surface area contributed by atoms with Crippen molar-refractivity contribution in [1.29, 1.82) is 0 Å². The minimum atomic E-state index is -0.821. The molecule has 24 nitrogen and oxygen atoms in total. The van der Waals surface area contributed by atoms with Crippen LogP contribution in [0, 0.1) is 44.1 Å². The van der Waals surface area contributed by atoms with E-state index in [0.717, 1.165) is 50.6 Å². The summed E-state index contributed by atoms with van der Waals surface area (Å²) >= 11 is 19.0. The second-order valence-electron chi connectivity index (χ2n) is 28.0. The molecule has 0 spiro atoms. The van der Waals surface area contributed by atoms with Gasteiger partial charge in [-0.15, -0.1) is 0 Å². The van der Waals surface area contributed by atoms with Crippen molar-refractivity contribution in [2.45, 2.75) is 182 Å². The lowest BCUT2D eigenvalue weighted by molar-refractivity contribution is -0.0306. The Morgan fingerprint density at radius 3 is 1.28 bits per heavy atom. The summed E-state index contributed by atoms with van der Waals surface area (Å²) in [7, 11) is 0. The first-order valence-corrected chi connectivity index (χ1v) is 36.7. The van der Waals surface area contributed by atoms with Gasteiger partial charge < -0.3 is 61.2 Å². The SMILES string of the molecule is Cc1nc(C(C)c2cc(Cl)c(F)c(C(=O)N3CC4CCC(C3)O4)c2OC(C)C)n2ccnc(N)c12.Cc1nc(C(C)c2cc(Cl)c(F)c(C(=O)NCC3CCCCO3)c2OC(C)C)n2ccnc(N)c12.Cc1nc(C(C)c2cc(Cl)c(F)c(C(=O)NCC3CCOCC3)c2OC(C)C)n2ccnc(N)c12. The van der Waals surface area contributed by atoms with E-state index in [-0.39, 0.29) is 98.1 Å². The maximum absolute atomic E-state index is 15.5. The van der Waals surface area contributed by atoms with E-state index in [2.05, 4.69) is 25.6 Å². The summed E-state index contributed by atoms with van der Waals surface area (Å²) < 4.78 is 87.0. The van der Waals surface area contributed by atoms with Crippen molar-refractivity contribution in [2.24, 2.45) is 5.92 Å². The van der Waals surface area contributed by atoms with Crippen molar-refractivity contribution in [1.82, 2.24) is 58.6 Å². The zero-order chi connectivity index (χ0) is 75.6. The predicted molar refractivity (Wildman–Crippen MR) is 396 cm³/mol. The molecule has 30 heteroatoms. The molecule has 3 amide bonds. The molecule has 562 valence electrons. The van der Waals surface area contributed by atoms with Gasteiger partial charge in [0.2, 0.25) is 0 Å². The third-order valence-corrected chi connectivity index (χ3v) is 20.1. The number of nitrogens with one attached hydrogen (secondary N) is 2. The second-order valence-corrected chi connectivity index (χ2v) is 29.2. The van der Waals surface area contributed by atoms with Crippen molar-refractivity contribution in [2.75, 3.05) is 63.2 Å². The Morgan fingerprint density at radius 1 is 0.533 bits per heavy atom. The number of fused-ring (bicyclic) bond motifs is 5. The summed E-state index contributed by atoms with van der Waals surface area (Å²) in [6.45, 7) is 25.8. The van der Waals surface area contributed by atoms with Crippen molar-refractivity contribution in [3.63, 3.8) is 0 Å². The van der Waals surface area contributed by atoms with Crippen LogP contribution in [0.3, 0.4) is 0 Å². The molecule has 4 aliphatic heterocycles. The topological polar surface area (TPSA) is 303 Å². The predicted octanol–water partition coefficient (Wildman–Crippen LogP) is 13.5. The number of aryl methyl sites for hydroxylation is 3. The standard InChI is InChI=1S/C25H29ClFN5O3.2C25H31ClFN5O3/c1-12(2)34-22-17(13(3)24-30-14(4)21-23(28)29-7-8-32(21)24)9-18(26)20(27)19(22)25(33)31-10-15-5-6-16(11-31)35-15;1-13(2)35-22-17(14(3)24-31-15(4)21-23(28)29-7-8-32(21)24)11-18(26)20(27)19(22)25(33)30-12-16-5-9-34-10-6-16;1-13(2)35-22-17(14(3)24-31-15(4)21-23(28)29-8-9-32(21)24)11-18(26)20(27)19(22)25(33)30-12-16-7-5-6-10-34-16/h7-9,12-13,15-16H,5-6,10-11H2,1-4H3,(H2,28,29);7-8,11,13-14,16H,5-6,9-10,12H2,1-4H3,(H2,28,29)(H,30,33);8-9,11,13-14,16H,5-7,10,12H2,1-4H3,(H2,28,29)(H,30,33). The largest absolute Gasteiger partial charge is 0.490 e. The number of anilines is 3. The van der Waals surface area contributed by atoms with E-state index < -0.39 is 52.9 Å². The van der Waals surface area contributed by atoms with Gasteiger partial charge >= 0.3 is 0 Å². The van der Waals surface area contributed by atoms with Crippen LogP contribution < -0.4 is 42.0 Å². The first kappa shape index (κ1) is 77.4. The van der Waals surface area contributed by atoms with Crippen molar-refractivity contribution in [3.05, 3.63) is 156 Å². The molecule has 6 unspecified atom stereocenters. The molecule has 4 fully saturated rings. The Labute approximate surface area is 622 Å². The zero-order valence-corrected chi connectivity index (χ0v) is 63.3. The number of ether oxygens (including phenoxy) is 6. The third kappa shape index (κ3) is 16.5. The van der Waals surface area contributed by atoms with Crippen LogP contribution in [0.5, 0.6) is 17.2 Å². The summed E-state index contributed by atoms with van der Waals surface area (Å²) in [5, 5.41) is 5.23. The lowest BCUT2D eigenvalue weighted by Crippen LogP contribution is -2.46. The number of hydrogen-bond donors (Lipinski definition) is 5. The van der Waals surface area contributed by atoms with E-state index in [1.54, 1.807) is 42.1 Å². The number of likely N-dealkylation sites (tertiary alicyclic amines) is 1. The van der Waals surface area contributed by atoms with Crippen molar-refractivity contribution in [3.8, 4) is 17.2 Å². The van der Waals surface area contributed by atoms with Crippen LogP contribution in [0.15, 0.2) is 55.4 Å². The fourth-order valence-corrected chi connectivity index (χ4v) is 14.8. The van der Waals surface area contributed by atoms with Gasteiger partial charge in [-0.25, -0.2) is 43.1 Å². The third-order valence-electron chi connectivity index (χ3n) is 19.2. The zero-order valence-electron chi connectivity index (χ0n) is 61.0. The average Bonchev–Trinajstić information content (AvgIpc) is 1.75. The quantitative estimate of drug-likeness (QED) is 0.0502. The van der Waals surface area contributed by atoms with E-state index >= 15 is 13.2 Å². The number of carbonyl (C=O) groups is 3. The van der Waals surface area contributed by atoms with Crippen LogP contribution in [-0.2, 0) is 14.2 Å².